The molecule has 0 amide bonds. The maximum atomic E-state index is 12.0. The van der Waals surface area contributed by atoms with Gasteiger partial charge in [-0.1, -0.05) is 48.5 Å². The van der Waals surface area contributed by atoms with Gasteiger partial charge in [0.05, 0.1) is 5.92 Å². The van der Waals surface area contributed by atoms with Gasteiger partial charge in [-0.05, 0) is 43.0 Å². The fraction of sp³-hybridized carbons (Fsp3) is 0.235. The van der Waals surface area contributed by atoms with Gasteiger partial charge in [-0.2, -0.15) is 0 Å². The predicted molar refractivity (Wildman–Crippen MR) is 74.9 cm³/mol. The van der Waals surface area contributed by atoms with Gasteiger partial charge >= 0.3 is 0 Å². The molecule has 0 atom stereocenters. The summed E-state index contributed by atoms with van der Waals surface area (Å²) in [5.41, 5.74) is 4.56. The van der Waals surface area contributed by atoms with Gasteiger partial charge < -0.3 is 0 Å². The number of hydrogen-bond donors (Lipinski definition) is 0. The van der Waals surface area contributed by atoms with Crippen molar-refractivity contribution < 1.29 is 4.79 Å². The Morgan fingerprint density at radius 3 is 1.56 bits per heavy atom. The van der Waals surface area contributed by atoms with Crippen LogP contribution in [0.15, 0.2) is 48.5 Å². The molecule has 2 rings (SSSR count). The zero-order valence-corrected chi connectivity index (χ0v) is 11.1. The van der Waals surface area contributed by atoms with Crippen molar-refractivity contribution in [3.8, 4) is 0 Å². The lowest BCUT2D eigenvalue weighted by Crippen LogP contribution is -2.13. The molecule has 0 saturated heterocycles. The third-order valence-electron chi connectivity index (χ3n) is 3.41. The van der Waals surface area contributed by atoms with Crippen molar-refractivity contribution >= 4 is 5.78 Å². The zero-order valence-electron chi connectivity index (χ0n) is 11.1. The van der Waals surface area contributed by atoms with Crippen LogP contribution in [0.3, 0.4) is 0 Å². The summed E-state index contributed by atoms with van der Waals surface area (Å²) in [6.07, 6.45) is 0. The Bertz CT molecular complexity index is 524. The summed E-state index contributed by atoms with van der Waals surface area (Å²) < 4.78 is 0. The van der Waals surface area contributed by atoms with Gasteiger partial charge in [-0.25, -0.2) is 0 Å². The number of Topliss-reactive ketones (excluding diaryl/α,β-unsaturated/α-hetero) is 1. The Hall–Kier alpha value is -1.89. The Kier molecular flexibility index (Phi) is 3.61. The Morgan fingerprint density at radius 1 is 0.833 bits per heavy atom. The van der Waals surface area contributed by atoms with Gasteiger partial charge in [0.2, 0.25) is 0 Å². The van der Waals surface area contributed by atoms with Gasteiger partial charge in [0, 0.05) is 0 Å². The highest BCUT2D eigenvalue weighted by Crippen LogP contribution is 2.30. The highest BCUT2D eigenvalue weighted by molar-refractivity contribution is 5.87. The molecule has 18 heavy (non-hydrogen) atoms. The molecule has 2 aromatic rings. The molecule has 92 valence electrons. The van der Waals surface area contributed by atoms with Crippen LogP contribution in [-0.4, -0.2) is 5.78 Å². The molecule has 0 aromatic heterocycles. The molecule has 0 aliphatic heterocycles. The van der Waals surface area contributed by atoms with Crippen molar-refractivity contribution in [1.29, 1.82) is 0 Å². The molecule has 0 radical (unpaired) electrons. The highest BCUT2D eigenvalue weighted by atomic mass is 16.1. The molecule has 0 saturated carbocycles. The predicted octanol–water partition coefficient (Wildman–Crippen LogP) is 4.02. The molecule has 0 bridgehead atoms. The van der Waals surface area contributed by atoms with Gasteiger partial charge in [-0.3, -0.25) is 4.79 Å². The fourth-order valence-electron chi connectivity index (χ4n) is 2.43. The smallest absolute Gasteiger partial charge is 0.141 e. The van der Waals surface area contributed by atoms with Crippen molar-refractivity contribution in [2.24, 2.45) is 0 Å². The molecule has 1 nitrogen and oxygen atoms in total. The van der Waals surface area contributed by atoms with Crippen LogP contribution in [0.4, 0.5) is 0 Å². The minimum Gasteiger partial charge on any atom is -0.299 e. The van der Waals surface area contributed by atoms with E-state index in [1.165, 1.54) is 11.1 Å². The number of aryl methyl sites for hydroxylation is 2. The van der Waals surface area contributed by atoms with Gasteiger partial charge in [0.1, 0.15) is 5.78 Å². The SMILES string of the molecule is CC(=O)C(c1ccccc1C)c1ccccc1C. The second kappa shape index (κ2) is 5.18. The summed E-state index contributed by atoms with van der Waals surface area (Å²) in [5, 5.41) is 0. The minimum absolute atomic E-state index is 0.146. The average Bonchev–Trinajstić information content (AvgIpc) is 2.34. The number of ketones is 1. The second-order valence-corrected chi connectivity index (χ2v) is 4.76. The number of hydrogen-bond acceptors (Lipinski definition) is 1. The van der Waals surface area contributed by atoms with Crippen LogP contribution in [0.1, 0.15) is 35.1 Å². The van der Waals surface area contributed by atoms with Gasteiger partial charge in [0.15, 0.2) is 0 Å². The third-order valence-corrected chi connectivity index (χ3v) is 3.41. The molecule has 0 N–H and O–H groups in total. The maximum Gasteiger partial charge on any atom is 0.141 e. The van der Waals surface area contributed by atoms with Crippen molar-refractivity contribution in [3.63, 3.8) is 0 Å². The summed E-state index contributed by atoms with van der Waals surface area (Å²) in [6, 6.07) is 16.2. The van der Waals surface area contributed by atoms with E-state index in [0.29, 0.717) is 0 Å². The minimum atomic E-state index is -0.146. The van der Waals surface area contributed by atoms with E-state index in [-0.39, 0.29) is 11.7 Å². The van der Waals surface area contributed by atoms with Crippen LogP contribution in [-0.2, 0) is 4.79 Å². The van der Waals surface area contributed by atoms with Crippen LogP contribution in [0.25, 0.3) is 0 Å². The molecule has 0 heterocycles. The second-order valence-electron chi connectivity index (χ2n) is 4.76. The van der Waals surface area contributed by atoms with Gasteiger partial charge in [-0.15, -0.1) is 0 Å². The van der Waals surface area contributed by atoms with E-state index in [9.17, 15) is 4.79 Å². The maximum absolute atomic E-state index is 12.0. The average molecular weight is 238 g/mol. The topological polar surface area (TPSA) is 17.1 Å². The summed E-state index contributed by atoms with van der Waals surface area (Å²) in [7, 11) is 0. The Balaban J connectivity index is 2.58. The zero-order chi connectivity index (χ0) is 13.1. The fourth-order valence-corrected chi connectivity index (χ4v) is 2.43. The Labute approximate surface area is 108 Å². The van der Waals surface area contributed by atoms with Crippen LogP contribution in [0.2, 0.25) is 0 Å². The van der Waals surface area contributed by atoms with E-state index in [4.69, 9.17) is 0 Å². The molecule has 0 aliphatic rings. The lowest BCUT2D eigenvalue weighted by Gasteiger charge is -2.19. The first-order chi connectivity index (χ1) is 8.61. The number of carbonyl (C=O) groups is 1. The molecule has 1 heteroatoms. The van der Waals surface area contributed by atoms with Crippen LogP contribution < -0.4 is 0 Å². The summed E-state index contributed by atoms with van der Waals surface area (Å²) in [6.45, 7) is 5.79. The van der Waals surface area contributed by atoms with Crippen molar-refractivity contribution in [1.82, 2.24) is 0 Å². The molecule has 0 unspecified atom stereocenters. The molecule has 2 aromatic carbocycles. The molecule has 0 aliphatic carbocycles. The molecular weight excluding hydrogens is 220 g/mol. The standard InChI is InChI=1S/C17H18O/c1-12-8-4-6-10-15(12)17(14(3)18)16-11-7-5-9-13(16)2/h4-11,17H,1-3H3. The first kappa shape index (κ1) is 12.6. The largest absolute Gasteiger partial charge is 0.299 e. The summed E-state index contributed by atoms with van der Waals surface area (Å²) in [5.74, 6) is 0.0472. The monoisotopic (exact) mass is 238 g/mol. The van der Waals surface area contributed by atoms with Crippen molar-refractivity contribution in [3.05, 3.63) is 70.8 Å². The third kappa shape index (κ3) is 2.35. The van der Waals surface area contributed by atoms with E-state index in [0.717, 1.165) is 11.1 Å². The van der Waals surface area contributed by atoms with E-state index < -0.39 is 0 Å². The van der Waals surface area contributed by atoms with E-state index in [2.05, 4.69) is 26.0 Å². The molecular formula is C17H18O. The first-order valence-corrected chi connectivity index (χ1v) is 6.22. The van der Waals surface area contributed by atoms with Crippen LogP contribution >= 0.6 is 0 Å². The summed E-state index contributed by atoms with van der Waals surface area (Å²) >= 11 is 0. The highest BCUT2D eigenvalue weighted by Gasteiger charge is 2.21. The van der Waals surface area contributed by atoms with E-state index in [1.807, 2.05) is 36.4 Å². The molecule has 0 spiro atoms. The van der Waals surface area contributed by atoms with Crippen molar-refractivity contribution in [2.75, 3.05) is 0 Å². The van der Waals surface area contributed by atoms with Crippen LogP contribution in [0.5, 0.6) is 0 Å². The lowest BCUT2D eigenvalue weighted by molar-refractivity contribution is -0.117. The van der Waals surface area contributed by atoms with Crippen LogP contribution in [0, 0.1) is 13.8 Å². The lowest BCUT2D eigenvalue weighted by atomic mass is 9.84. The quantitative estimate of drug-likeness (QED) is 0.789. The number of carbonyl (C=O) groups excluding carboxylic acids is 1. The molecule has 0 fully saturated rings. The van der Waals surface area contributed by atoms with Crippen molar-refractivity contribution in [2.45, 2.75) is 26.7 Å². The van der Waals surface area contributed by atoms with Gasteiger partial charge in [0.25, 0.3) is 0 Å². The summed E-state index contributed by atoms with van der Waals surface area (Å²) in [4.78, 5) is 12.0. The number of benzene rings is 2. The normalized spacial score (nSPS) is 10.7. The first-order valence-electron chi connectivity index (χ1n) is 6.22. The van der Waals surface area contributed by atoms with E-state index >= 15 is 0 Å². The Morgan fingerprint density at radius 2 is 1.22 bits per heavy atom. The number of rotatable bonds is 3. The van der Waals surface area contributed by atoms with E-state index in [1.54, 1.807) is 6.92 Å².